The largest absolute Gasteiger partial charge is 0.381 e. The van der Waals surface area contributed by atoms with Crippen LogP contribution in [0.4, 0.5) is 14.5 Å². The zero-order chi connectivity index (χ0) is 28.6. The summed E-state index contributed by atoms with van der Waals surface area (Å²) in [5, 5.41) is 3.25. The molecule has 0 bridgehead atoms. The lowest BCUT2D eigenvalue weighted by Crippen LogP contribution is -2.34. The van der Waals surface area contributed by atoms with Crippen molar-refractivity contribution in [3.8, 4) is 5.69 Å². The van der Waals surface area contributed by atoms with Gasteiger partial charge in [0.2, 0.25) is 0 Å². The zero-order valence-corrected chi connectivity index (χ0v) is 22.5. The minimum absolute atomic E-state index is 0.134. The number of rotatable bonds is 7. The molecule has 0 aliphatic heterocycles. The molecular weight excluding hydrogens is 586 g/mol. The third kappa shape index (κ3) is 5.52. The van der Waals surface area contributed by atoms with E-state index in [-0.39, 0.29) is 31.0 Å². The molecule has 0 atom stereocenters. The number of carbonyl (C=O) groups is 1. The van der Waals surface area contributed by atoms with Gasteiger partial charge in [-0.05, 0) is 66.2 Å². The summed E-state index contributed by atoms with van der Waals surface area (Å²) in [6, 6.07) is 16.0. The molecule has 2 aromatic heterocycles. The second kappa shape index (κ2) is 10.7. The number of sulfonamides is 1. The molecule has 3 N–H and O–H groups in total. The van der Waals surface area contributed by atoms with Crippen LogP contribution in [-0.2, 0) is 16.6 Å². The fourth-order valence-electron chi connectivity index (χ4n) is 3.87. The van der Waals surface area contributed by atoms with Gasteiger partial charge in [0, 0.05) is 12.2 Å². The van der Waals surface area contributed by atoms with Crippen LogP contribution in [0, 0.1) is 11.6 Å². The highest BCUT2D eigenvalue weighted by atomic mass is 35.5. The summed E-state index contributed by atoms with van der Waals surface area (Å²) in [5.74, 6) is -2.75. The number of aromatic amines is 1. The Morgan fingerprint density at radius 2 is 1.73 bits per heavy atom. The average molecular weight is 603 g/mol. The van der Waals surface area contributed by atoms with Crippen molar-refractivity contribution in [3.63, 3.8) is 0 Å². The number of hydrogen-bond acceptors (Lipinski definition) is 7. The fourth-order valence-corrected chi connectivity index (χ4v) is 6.31. The maximum Gasteiger partial charge on any atom is 0.333 e. The van der Waals surface area contributed by atoms with Crippen LogP contribution < -0.4 is 21.3 Å². The highest BCUT2D eigenvalue weighted by Crippen LogP contribution is 2.25. The van der Waals surface area contributed by atoms with Gasteiger partial charge in [-0.2, -0.15) is 0 Å². The minimum atomic E-state index is -4.29. The first kappa shape index (κ1) is 27.2. The Bertz CT molecular complexity index is 2000. The van der Waals surface area contributed by atoms with Gasteiger partial charge in [-0.25, -0.2) is 31.3 Å². The molecule has 0 saturated carbocycles. The Kier molecular flexibility index (Phi) is 7.27. The number of aromatic nitrogens is 2. The molecule has 5 aromatic rings. The van der Waals surface area contributed by atoms with Crippen LogP contribution in [0.1, 0.15) is 15.9 Å². The van der Waals surface area contributed by atoms with Crippen molar-refractivity contribution in [3.05, 3.63) is 121 Å². The van der Waals surface area contributed by atoms with Gasteiger partial charge in [-0.1, -0.05) is 23.7 Å². The molecule has 0 aliphatic carbocycles. The fraction of sp³-hybridized carbons (Fsp3) is 0.0385. The van der Waals surface area contributed by atoms with Crippen LogP contribution in [0.2, 0.25) is 4.34 Å². The van der Waals surface area contributed by atoms with Crippen molar-refractivity contribution in [2.75, 3.05) is 5.32 Å². The number of thiophene rings is 1. The molecule has 0 fully saturated rings. The molecule has 40 heavy (non-hydrogen) atoms. The van der Waals surface area contributed by atoms with Crippen LogP contribution in [0.5, 0.6) is 0 Å². The van der Waals surface area contributed by atoms with E-state index < -0.39 is 38.6 Å². The van der Waals surface area contributed by atoms with Crippen LogP contribution >= 0.6 is 22.9 Å². The molecule has 3 aromatic carbocycles. The molecular formula is C26H17ClF2N4O5S2. The molecule has 0 saturated heterocycles. The third-order valence-electron chi connectivity index (χ3n) is 5.80. The maximum atomic E-state index is 14.9. The predicted octanol–water partition coefficient (Wildman–Crippen LogP) is 4.40. The number of nitrogens with one attached hydrogen (secondary N) is 3. The first-order chi connectivity index (χ1) is 19.0. The summed E-state index contributed by atoms with van der Waals surface area (Å²) in [6.45, 7) is 0.370. The van der Waals surface area contributed by atoms with Gasteiger partial charge >= 0.3 is 5.69 Å². The van der Waals surface area contributed by atoms with Crippen molar-refractivity contribution < 1.29 is 22.0 Å². The monoisotopic (exact) mass is 602 g/mol. The molecule has 0 spiro atoms. The van der Waals surface area contributed by atoms with Crippen LogP contribution in [-0.4, -0.2) is 23.9 Å². The SMILES string of the molecule is O=C(NS(=O)(=O)c1ccc(Cl)s1)c1ccc(-n2c(=O)[nH]c3cc(NCc4ccc(F)cc4)ccc3c2=O)cc1F. The van der Waals surface area contributed by atoms with E-state index in [0.29, 0.717) is 16.8 Å². The van der Waals surface area contributed by atoms with E-state index in [1.54, 1.807) is 29.0 Å². The Balaban J connectivity index is 1.40. The Labute approximate surface area is 233 Å². The van der Waals surface area contributed by atoms with Gasteiger partial charge in [0.25, 0.3) is 21.5 Å². The number of benzene rings is 3. The minimum Gasteiger partial charge on any atom is -0.381 e. The van der Waals surface area contributed by atoms with E-state index in [9.17, 15) is 31.6 Å². The smallest absolute Gasteiger partial charge is 0.333 e. The molecule has 0 aliphatic rings. The highest BCUT2D eigenvalue weighted by Gasteiger charge is 2.23. The van der Waals surface area contributed by atoms with Gasteiger partial charge < -0.3 is 10.3 Å². The van der Waals surface area contributed by atoms with Crippen molar-refractivity contribution in [1.82, 2.24) is 14.3 Å². The maximum absolute atomic E-state index is 14.9. The Morgan fingerprint density at radius 1 is 0.975 bits per heavy atom. The lowest BCUT2D eigenvalue weighted by Gasteiger charge is -2.11. The number of amides is 1. The normalized spacial score (nSPS) is 11.5. The van der Waals surface area contributed by atoms with E-state index in [1.165, 1.54) is 30.3 Å². The lowest BCUT2D eigenvalue weighted by atomic mass is 10.1. The molecule has 9 nitrogen and oxygen atoms in total. The number of nitrogens with zero attached hydrogens (tertiary/aromatic N) is 1. The molecule has 204 valence electrons. The van der Waals surface area contributed by atoms with Gasteiger partial charge in [0.05, 0.1) is 26.5 Å². The van der Waals surface area contributed by atoms with E-state index in [4.69, 9.17) is 11.6 Å². The lowest BCUT2D eigenvalue weighted by molar-refractivity contribution is 0.0977. The third-order valence-corrected chi connectivity index (χ3v) is 8.86. The van der Waals surface area contributed by atoms with Crippen molar-refractivity contribution in [2.24, 2.45) is 0 Å². The van der Waals surface area contributed by atoms with Crippen molar-refractivity contribution in [1.29, 1.82) is 0 Å². The number of H-pyrrole nitrogens is 1. The van der Waals surface area contributed by atoms with Gasteiger partial charge in [-0.15, -0.1) is 11.3 Å². The topological polar surface area (TPSA) is 130 Å². The highest BCUT2D eigenvalue weighted by molar-refractivity contribution is 7.92. The Hall–Kier alpha value is -4.33. The van der Waals surface area contributed by atoms with Crippen LogP contribution in [0.3, 0.4) is 0 Å². The predicted molar refractivity (Wildman–Crippen MR) is 148 cm³/mol. The zero-order valence-electron chi connectivity index (χ0n) is 20.1. The molecule has 0 radical (unpaired) electrons. The van der Waals surface area contributed by atoms with E-state index in [2.05, 4.69) is 10.3 Å². The number of carbonyl (C=O) groups excluding carboxylic acids is 1. The number of halogens is 3. The molecule has 5 rings (SSSR count). The summed E-state index contributed by atoms with van der Waals surface area (Å²) in [6.07, 6.45) is 0. The average Bonchev–Trinajstić information content (AvgIpc) is 3.35. The van der Waals surface area contributed by atoms with Crippen LogP contribution in [0.15, 0.2) is 86.6 Å². The summed E-state index contributed by atoms with van der Waals surface area (Å²) >= 11 is 6.46. The number of fused-ring (bicyclic) bond motifs is 1. The summed E-state index contributed by atoms with van der Waals surface area (Å²) < 4.78 is 55.2. The van der Waals surface area contributed by atoms with Crippen LogP contribution in [0.25, 0.3) is 16.6 Å². The molecule has 1 amide bonds. The van der Waals surface area contributed by atoms with Crippen molar-refractivity contribution >= 4 is 55.5 Å². The van der Waals surface area contributed by atoms with Gasteiger partial charge in [0.15, 0.2) is 0 Å². The van der Waals surface area contributed by atoms with Crippen molar-refractivity contribution in [2.45, 2.75) is 10.8 Å². The van der Waals surface area contributed by atoms with Gasteiger partial charge in [0.1, 0.15) is 15.8 Å². The molecule has 2 heterocycles. The number of anilines is 1. The van der Waals surface area contributed by atoms with E-state index >= 15 is 0 Å². The molecule has 14 heteroatoms. The summed E-state index contributed by atoms with van der Waals surface area (Å²) in [4.78, 5) is 41.0. The van der Waals surface area contributed by atoms with E-state index in [1.807, 2.05) is 0 Å². The van der Waals surface area contributed by atoms with Gasteiger partial charge in [-0.3, -0.25) is 9.59 Å². The standard InChI is InChI=1S/C26H17ClF2N4O5S2/c27-22-9-10-23(39-22)40(37,38)32-24(34)18-8-6-17(12-20(18)29)33-25(35)19-7-5-16(11-21(19)31-26(33)36)30-13-14-1-3-15(28)4-2-14/h1-12,30H,13H2,(H,31,36)(H,32,34). The first-order valence-corrected chi connectivity index (χ1v) is 14.1. The van der Waals surface area contributed by atoms with E-state index in [0.717, 1.165) is 35.1 Å². The Morgan fingerprint density at radius 3 is 2.40 bits per heavy atom. The number of hydrogen-bond donors (Lipinski definition) is 3. The second-order valence-electron chi connectivity index (χ2n) is 8.47. The summed E-state index contributed by atoms with van der Waals surface area (Å²) in [5.41, 5.74) is -0.750. The summed E-state index contributed by atoms with van der Waals surface area (Å²) in [7, 11) is -4.29. The first-order valence-electron chi connectivity index (χ1n) is 11.4. The quantitative estimate of drug-likeness (QED) is 0.253. The second-order valence-corrected chi connectivity index (χ2v) is 12.1. The molecule has 0 unspecified atom stereocenters.